The molecule has 2 rings (SSSR count). The SMILES string of the molecule is COCCNc1nc2ccc(C(F)(F)F)cc2s1. The van der Waals surface area contributed by atoms with Crippen molar-refractivity contribution in [3.8, 4) is 0 Å². The van der Waals surface area contributed by atoms with Crippen molar-refractivity contribution in [2.24, 2.45) is 0 Å². The van der Waals surface area contributed by atoms with Crippen molar-refractivity contribution >= 4 is 26.7 Å². The highest BCUT2D eigenvalue weighted by Crippen LogP contribution is 2.34. The lowest BCUT2D eigenvalue weighted by Crippen LogP contribution is -2.06. The Morgan fingerprint density at radius 1 is 1.39 bits per heavy atom. The molecular weight excluding hydrogens is 265 g/mol. The molecule has 1 N–H and O–H groups in total. The normalized spacial score (nSPS) is 12.0. The molecule has 0 fully saturated rings. The van der Waals surface area contributed by atoms with E-state index >= 15 is 0 Å². The fourth-order valence-electron chi connectivity index (χ4n) is 1.44. The molecule has 0 saturated carbocycles. The summed E-state index contributed by atoms with van der Waals surface area (Å²) in [5.74, 6) is 0. The lowest BCUT2D eigenvalue weighted by Gasteiger charge is -2.04. The number of thiazole rings is 1. The van der Waals surface area contributed by atoms with Crippen molar-refractivity contribution < 1.29 is 17.9 Å². The maximum absolute atomic E-state index is 12.5. The van der Waals surface area contributed by atoms with Crippen LogP contribution in [0.2, 0.25) is 0 Å². The van der Waals surface area contributed by atoms with Crippen LogP contribution in [0.25, 0.3) is 10.2 Å². The number of hydrogen-bond donors (Lipinski definition) is 1. The molecule has 0 aliphatic heterocycles. The zero-order valence-corrected chi connectivity index (χ0v) is 10.4. The lowest BCUT2D eigenvalue weighted by atomic mass is 10.2. The first-order chi connectivity index (χ1) is 8.50. The van der Waals surface area contributed by atoms with Crippen molar-refractivity contribution in [3.63, 3.8) is 0 Å². The van der Waals surface area contributed by atoms with E-state index in [-0.39, 0.29) is 0 Å². The molecule has 0 bridgehead atoms. The molecule has 0 unspecified atom stereocenters. The van der Waals surface area contributed by atoms with E-state index in [0.717, 1.165) is 12.1 Å². The van der Waals surface area contributed by atoms with Gasteiger partial charge in [-0.3, -0.25) is 0 Å². The number of aromatic nitrogens is 1. The van der Waals surface area contributed by atoms with Crippen LogP contribution in [0.15, 0.2) is 18.2 Å². The van der Waals surface area contributed by atoms with E-state index in [1.165, 1.54) is 17.4 Å². The summed E-state index contributed by atoms with van der Waals surface area (Å²) in [6.07, 6.45) is -4.32. The largest absolute Gasteiger partial charge is 0.416 e. The van der Waals surface area contributed by atoms with Gasteiger partial charge in [0.1, 0.15) is 0 Å². The number of methoxy groups -OCH3 is 1. The van der Waals surface area contributed by atoms with Gasteiger partial charge in [0, 0.05) is 13.7 Å². The molecule has 1 aromatic carbocycles. The van der Waals surface area contributed by atoms with Gasteiger partial charge in [0.25, 0.3) is 0 Å². The first-order valence-corrected chi connectivity index (χ1v) is 6.03. The van der Waals surface area contributed by atoms with Crippen molar-refractivity contribution in [1.82, 2.24) is 4.98 Å². The molecule has 2 aromatic rings. The summed E-state index contributed by atoms with van der Waals surface area (Å²) in [4.78, 5) is 4.19. The highest BCUT2D eigenvalue weighted by molar-refractivity contribution is 7.22. The van der Waals surface area contributed by atoms with Crippen LogP contribution in [0, 0.1) is 0 Å². The quantitative estimate of drug-likeness (QED) is 0.869. The number of rotatable bonds is 4. The predicted octanol–water partition coefficient (Wildman–Crippen LogP) is 3.37. The molecule has 0 spiro atoms. The maximum Gasteiger partial charge on any atom is 0.416 e. The zero-order chi connectivity index (χ0) is 13.2. The van der Waals surface area contributed by atoms with Gasteiger partial charge in [-0.1, -0.05) is 11.3 Å². The molecule has 98 valence electrons. The second-order valence-electron chi connectivity index (χ2n) is 3.62. The Morgan fingerprint density at radius 3 is 2.83 bits per heavy atom. The minimum absolute atomic E-state index is 0.518. The Hall–Kier alpha value is -1.34. The van der Waals surface area contributed by atoms with E-state index in [0.29, 0.717) is 28.5 Å². The molecule has 7 heteroatoms. The molecular formula is C11H11F3N2OS. The molecule has 0 radical (unpaired) electrons. The molecule has 1 heterocycles. The van der Waals surface area contributed by atoms with E-state index in [1.54, 1.807) is 7.11 Å². The molecule has 0 atom stereocenters. The van der Waals surface area contributed by atoms with Crippen LogP contribution in [0.1, 0.15) is 5.56 Å². The topological polar surface area (TPSA) is 34.1 Å². The van der Waals surface area contributed by atoms with E-state index in [4.69, 9.17) is 4.74 Å². The maximum atomic E-state index is 12.5. The van der Waals surface area contributed by atoms with Crippen LogP contribution in [-0.2, 0) is 10.9 Å². The number of benzene rings is 1. The Labute approximate surface area is 106 Å². The number of halogens is 3. The van der Waals surface area contributed by atoms with Gasteiger partial charge in [-0.05, 0) is 18.2 Å². The van der Waals surface area contributed by atoms with Crippen LogP contribution >= 0.6 is 11.3 Å². The summed E-state index contributed by atoms with van der Waals surface area (Å²) in [7, 11) is 1.58. The molecule has 0 aliphatic rings. The van der Waals surface area contributed by atoms with E-state index in [2.05, 4.69) is 10.3 Å². The minimum Gasteiger partial charge on any atom is -0.383 e. The second-order valence-corrected chi connectivity index (χ2v) is 4.65. The molecule has 0 aliphatic carbocycles. The van der Waals surface area contributed by atoms with E-state index in [9.17, 15) is 13.2 Å². The third kappa shape index (κ3) is 2.91. The first-order valence-electron chi connectivity index (χ1n) is 5.21. The number of hydrogen-bond acceptors (Lipinski definition) is 4. The second kappa shape index (κ2) is 5.11. The van der Waals surface area contributed by atoms with Crippen LogP contribution in [0.4, 0.5) is 18.3 Å². The summed E-state index contributed by atoms with van der Waals surface area (Å²) in [5, 5.41) is 3.59. The summed E-state index contributed by atoms with van der Waals surface area (Å²) in [5.41, 5.74) is -0.0880. The van der Waals surface area contributed by atoms with Gasteiger partial charge in [-0.25, -0.2) is 4.98 Å². The van der Waals surface area contributed by atoms with Crippen molar-refractivity contribution in [2.45, 2.75) is 6.18 Å². The highest BCUT2D eigenvalue weighted by Gasteiger charge is 2.30. The third-order valence-corrected chi connectivity index (χ3v) is 3.27. The van der Waals surface area contributed by atoms with Crippen LogP contribution in [0.3, 0.4) is 0 Å². The van der Waals surface area contributed by atoms with Gasteiger partial charge < -0.3 is 10.1 Å². The van der Waals surface area contributed by atoms with E-state index < -0.39 is 11.7 Å². The molecule has 0 amide bonds. The van der Waals surface area contributed by atoms with E-state index in [1.807, 2.05) is 0 Å². The van der Waals surface area contributed by atoms with Gasteiger partial charge in [0.2, 0.25) is 0 Å². The van der Waals surface area contributed by atoms with Gasteiger partial charge >= 0.3 is 6.18 Å². The Kier molecular flexibility index (Phi) is 3.72. The molecule has 1 aromatic heterocycles. The summed E-state index contributed by atoms with van der Waals surface area (Å²) < 4.78 is 43.0. The van der Waals surface area contributed by atoms with Crippen LogP contribution in [0.5, 0.6) is 0 Å². The number of nitrogens with zero attached hydrogens (tertiary/aromatic N) is 1. The average molecular weight is 276 g/mol. The smallest absolute Gasteiger partial charge is 0.383 e. The third-order valence-electron chi connectivity index (χ3n) is 2.30. The number of fused-ring (bicyclic) bond motifs is 1. The van der Waals surface area contributed by atoms with Crippen molar-refractivity contribution in [1.29, 1.82) is 0 Å². The monoisotopic (exact) mass is 276 g/mol. The summed E-state index contributed by atoms with van der Waals surface area (Å²) >= 11 is 1.20. The van der Waals surface area contributed by atoms with Crippen LogP contribution in [-0.4, -0.2) is 25.2 Å². The van der Waals surface area contributed by atoms with Crippen molar-refractivity contribution in [2.75, 3.05) is 25.6 Å². The number of nitrogens with one attached hydrogen (secondary N) is 1. The fourth-order valence-corrected chi connectivity index (χ4v) is 2.37. The summed E-state index contributed by atoms with van der Waals surface area (Å²) in [6, 6.07) is 3.55. The summed E-state index contributed by atoms with van der Waals surface area (Å²) in [6.45, 7) is 1.09. The van der Waals surface area contributed by atoms with Gasteiger partial charge in [0.05, 0.1) is 22.4 Å². The Bertz CT molecular complexity index is 539. The number of ether oxygens (including phenoxy) is 1. The van der Waals surface area contributed by atoms with Gasteiger partial charge in [0.15, 0.2) is 5.13 Å². The average Bonchev–Trinajstić information content (AvgIpc) is 2.69. The standard InChI is InChI=1S/C11H11F3N2OS/c1-17-5-4-15-10-16-8-3-2-7(11(12,13)14)6-9(8)18-10/h2-3,6H,4-5H2,1H3,(H,15,16). The Balaban J connectivity index is 2.23. The van der Waals surface area contributed by atoms with Gasteiger partial charge in [-0.2, -0.15) is 13.2 Å². The van der Waals surface area contributed by atoms with Crippen molar-refractivity contribution in [3.05, 3.63) is 23.8 Å². The Morgan fingerprint density at radius 2 is 2.17 bits per heavy atom. The molecule has 3 nitrogen and oxygen atoms in total. The minimum atomic E-state index is -4.32. The highest BCUT2D eigenvalue weighted by atomic mass is 32.1. The lowest BCUT2D eigenvalue weighted by molar-refractivity contribution is -0.137. The fraction of sp³-hybridized carbons (Fsp3) is 0.364. The van der Waals surface area contributed by atoms with Gasteiger partial charge in [-0.15, -0.1) is 0 Å². The number of anilines is 1. The molecule has 18 heavy (non-hydrogen) atoms. The van der Waals surface area contributed by atoms with Crippen LogP contribution < -0.4 is 5.32 Å². The zero-order valence-electron chi connectivity index (χ0n) is 9.54. The molecule has 0 saturated heterocycles. The predicted molar refractivity (Wildman–Crippen MR) is 65.0 cm³/mol. The first kappa shape index (κ1) is 13.1. The number of alkyl halides is 3.